The third-order valence-corrected chi connectivity index (χ3v) is 5.72. The fourth-order valence-electron chi connectivity index (χ4n) is 3.76. The van der Waals surface area contributed by atoms with Crippen LogP contribution in [0.5, 0.6) is 5.75 Å². The van der Waals surface area contributed by atoms with Crippen molar-refractivity contribution in [2.45, 2.75) is 45.4 Å². The number of carbonyl (C=O) groups excluding carboxylic acids is 1. The van der Waals surface area contributed by atoms with Gasteiger partial charge < -0.3 is 10.1 Å². The normalized spacial score (nSPS) is 16.0. The number of urea groups is 1. The van der Waals surface area contributed by atoms with Gasteiger partial charge >= 0.3 is 6.03 Å². The van der Waals surface area contributed by atoms with E-state index in [1.54, 1.807) is 6.20 Å². The molecule has 0 bridgehead atoms. The molecule has 3 rings (SSSR count). The molecule has 1 aliphatic carbocycles. The monoisotopic (exact) mass is 373 g/mol. The van der Waals surface area contributed by atoms with Crippen molar-refractivity contribution in [1.82, 2.24) is 10.3 Å². The van der Waals surface area contributed by atoms with E-state index in [0.717, 1.165) is 25.0 Å². The Kier molecular flexibility index (Phi) is 6.50. The number of nitrogens with zero attached hydrogens (tertiary/aromatic N) is 1. The van der Waals surface area contributed by atoms with Crippen LogP contribution in [0.1, 0.15) is 44.6 Å². The van der Waals surface area contributed by atoms with E-state index in [1.807, 2.05) is 24.4 Å². The minimum atomic E-state index is -0.178. The van der Waals surface area contributed by atoms with E-state index in [9.17, 15) is 4.79 Å². The molecule has 26 heavy (non-hydrogen) atoms. The first kappa shape index (κ1) is 18.7. The Labute approximate surface area is 159 Å². The minimum absolute atomic E-state index is 0.0890. The fraction of sp³-hybridized carbons (Fsp3) is 0.500. The zero-order valence-electron chi connectivity index (χ0n) is 15.3. The van der Waals surface area contributed by atoms with Gasteiger partial charge in [-0.3, -0.25) is 5.32 Å². The second-order valence-corrected chi connectivity index (χ2v) is 7.82. The Balaban J connectivity index is 1.67. The predicted octanol–water partition coefficient (Wildman–Crippen LogP) is 4.86. The Bertz CT molecular complexity index is 697. The molecular weight excluding hydrogens is 346 g/mol. The molecular formula is C20H27N3O2S. The number of aromatic nitrogens is 1. The Morgan fingerprint density at radius 2 is 2.08 bits per heavy atom. The number of rotatable bonds is 7. The van der Waals surface area contributed by atoms with Gasteiger partial charge in [0.05, 0.1) is 6.61 Å². The number of ether oxygens (including phenoxy) is 1. The number of benzene rings is 1. The van der Waals surface area contributed by atoms with Crippen LogP contribution < -0.4 is 15.4 Å². The van der Waals surface area contributed by atoms with Crippen LogP contribution in [0.4, 0.5) is 9.93 Å². The van der Waals surface area contributed by atoms with Crippen molar-refractivity contribution in [3.63, 3.8) is 0 Å². The fourth-order valence-corrected chi connectivity index (χ4v) is 4.29. The van der Waals surface area contributed by atoms with Gasteiger partial charge in [-0.1, -0.05) is 37.5 Å². The van der Waals surface area contributed by atoms with Gasteiger partial charge in [0.15, 0.2) is 5.13 Å². The lowest BCUT2D eigenvalue weighted by molar-refractivity contribution is 0.179. The summed E-state index contributed by atoms with van der Waals surface area (Å²) in [6.45, 7) is 3.35. The van der Waals surface area contributed by atoms with Gasteiger partial charge in [0.1, 0.15) is 5.75 Å². The summed E-state index contributed by atoms with van der Waals surface area (Å²) < 4.78 is 5.81. The number of anilines is 1. The topological polar surface area (TPSA) is 63.2 Å². The van der Waals surface area contributed by atoms with Crippen molar-refractivity contribution in [2.24, 2.45) is 5.41 Å². The number of thiazole rings is 1. The van der Waals surface area contributed by atoms with Crippen LogP contribution >= 0.6 is 11.3 Å². The number of hydrogen-bond donors (Lipinski definition) is 2. The van der Waals surface area contributed by atoms with Gasteiger partial charge in [0.25, 0.3) is 0 Å². The van der Waals surface area contributed by atoms with E-state index >= 15 is 0 Å². The van der Waals surface area contributed by atoms with Crippen molar-refractivity contribution >= 4 is 22.5 Å². The Morgan fingerprint density at radius 1 is 1.27 bits per heavy atom. The van der Waals surface area contributed by atoms with Gasteiger partial charge in [-0.05, 0) is 43.2 Å². The van der Waals surface area contributed by atoms with Gasteiger partial charge in [-0.25, -0.2) is 9.78 Å². The molecule has 1 heterocycles. The van der Waals surface area contributed by atoms with E-state index in [2.05, 4.69) is 27.8 Å². The highest BCUT2D eigenvalue weighted by Gasteiger charge is 2.33. The SMILES string of the molecule is CCOc1ccccc1CC1(CNC(=O)Nc2nccs2)CCCCC1. The van der Waals surface area contributed by atoms with E-state index < -0.39 is 0 Å². The maximum Gasteiger partial charge on any atom is 0.321 e. The summed E-state index contributed by atoms with van der Waals surface area (Å²) in [5.41, 5.74) is 1.32. The molecule has 2 amide bonds. The molecule has 5 nitrogen and oxygen atoms in total. The predicted molar refractivity (Wildman–Crippen MR) is 106 cm³/mol. The summed E-state index contributed by atoms with van der Waals surface area (Å²) in [7, 11) is 0. The first-order chi connectivity index (χ1) is 12.7. The summed E-state index contributed by atoms with van der Waals surface area (Å²) >= 11 is 1.42. The summed E-state index contributed by atoms with van der Waals surface area (Å²) in [6, 6.07) is 8.09. The first-order valence-electron chi connectivity index (χ1n) is 9.36. The third kappa shape index (κ3) is 4.97. The average Bonchev–Trinajstić information content (AvgIpc) is 3.16. The quantitative estimate of drug-likeness (QED) is 0.729. The second-order valence-electron chi connectivity index (χ2n) is 6.92. The number of hydrogen-bond acceptors (Lipinski definition) is 4. The second kappa shape index (κ2) is 9.03. The summed E-state index contributed by atoms with van der Waals surface area (Å²) in [6.07, 6.45) is 8.59. The van der Waals surface area contributed by atoms with Crippen molar-refractivity contribution in [2.75, 3.05) is 18.5 Å². The van der Waals surface area contributed by atoms with Gasteiger partial charge in [0, 0.05) is 18.1 Å². The summed E-state index contributed by atoms with van der Waals surface area (Å²) in [5, 5.41) is 8.36. The molecule has 1 saturated carbocycles. The number of carbonyl (C=O) groups is 1. The van der Waals surface area contributed by atoms with Crippen LogP contribution in [0.3, 0.4) is 0 Å². The third-order valence-electron chi connectivity index (χ3n) is 5.03. The van der Waals surface area contributed by atoms with Gasteiger partial charge in [0.2, 0.25) is 0 Å². The highest BCUT2D eigenvalue weighted by atomic mass is 32.1. The van der Waals surface area contributed by atoms with Crippen LogP contribution in [-0.2, 0) is 6.42 Å². The summed E-state index contributed by atoms with van der Waals surface area (Å²) in [5.74, 6) is 0.965. The number of para-hydroxylation sites is 1. The minimum Gasteiger partial charge on any atom is -0.494 e. The van der Waals surface area contributed by atoms with Crippen molar-refractivity contribution in [3.05, 3.63) is 41.4 Å². The maximum atomic E-state index is 12.2. The molecule has 0 saturated heterocycles. The van der Waals surface area contributed by atoms with Crippen LogP contribution in [0, 0.1) is 5.41 Å². The highest BCUT2D eigenvalue weighted by molar-refractivity contribution is 7.13. The van der Waals surface area contributed by atoms with E-state index in [-0.39, 0.29) is 11.4 Å². The highest BCUT2D eigenvalue weighted by Crippen LogP contribution is 2.40. The number of amides is 2. The molecule has 1 aliphatic rings. The van der Waals surface area contributed by atoms with Crippen molar-refractivity contribution in [3.8, 4) is 5.75 Å². The molecule has 2 aromatic rings. The molecule has 1 aromatic carbocycles. The van der Waals surface area contributed by atoms with Gasteiger partial charge in [-0.15, -0.1) is 11.3 Å². The lowest BCUT2D eigenvalue weighted by atomic mass is 9.70. The maximum absolute atomic E-state index is 12.2. The molecule has 140 valence electrons. The Morgan fingerprint density at radius 3 is 2.81 bits per heavy atom. The zero-order chi connectivity index (χ0) is 18.2. The summed E-state index contributed by atoms with van der Waals surface area (Å²) in [4.78, 5) is 16.3. The van der Waals surface area contributed by atoms with E-state index in [4.69, 9.17) is 4.74 Å². The largest absolute Gasteiger partial charge is 0.494 e. The standard InChI is InChI=1S/C20H27N3O2S/c1-2-25-17-9-5-4-8-16(17)14-20(10-6-3-7-11-20)15-22-18(24)23-19-21-12-13-26-19/h4-5,8-9,12-13H,2-3,6-7,10-11,14-15H2,1H3,(H2,21,22,23,24). The van der Waals surface area contributed by atoms with Crippen LogP contribution in [0.25, 0.3) is 0 Å². The van der Waals surface area contributed by atoms with Gasteiger partial charge in [-0.2, -0.15) is 0 Å². The Hall–Kier alpha value is -2.08. The molecule has 0 unspecified atom stereocenters. The van der Waals surface area contributed by atoms with Crippen molar-refractivity contribution < 1.29 is 9.53 Å². The molecule has 0 atom stereocenters. The van der Waals surface area contributed by atoms with Crippen LogP contribution in [-0.4, -0.2) is 24.2 Å². The zero-order valence-corrected chi connectivity index (χ0v) is 16.1. The lowest BCUT2D eigenvalue weighted by Gasteiger charge is -2.38. The average molecular weight is 374 g/mol. The molecule has 0 aliphatic heterocycles. The van der Waals surface area contributed by atoms with Crippen LogP contribution in [0.15, 0.2) is 35.8 Å². The molecule has 0 radical (unpaired) electrons. The lowest BCUT2D eigenvalue weighted by Crippen LogP contribution is -2.42. The molecule has 1 fully saturated rings. The smallest absolute Gasteiger partial charge is 0.321 e. The van der Waals surface area contributed by atoms with Crippen molar-refractivity contribution in [1.29, 1.82) is 0 Å². The molecule has 6 heteroatoms. The molecule has 1 aromatic heterocycles. The van der Waals surface area contributed by atoms with Crippen LogP contribution in [0.2, 0.25) is 0 Å². The first-order valence-corrected chi connectivity index (χ1v) is 10.2. The molecule has 0 spiro atoms. The van der Waals surface area contributed by atoms with E-state index in [0.29, 0.717) is 18.3 Å². The number of nitrogens with one attached hydrogen (secondary N) is 2. The van der Waals surface area contributed by atoms with E-state index in [1.165, 1.54) is 36.2 Å². The molecule has 2 N–H and O–H groups in total.